The smallest absolute Gasteiger partial charge is 0.305 e. The van der Waals surface area contributed by atoms with Gasteiger partial charge in [0.25, 0.3) is 0 Å². The maximum absolute atomic E-state index is 12.0. The lowest BCUT2D eigenvalue weighted by Gasteiger charge is -2.11. The quantitative estimate of drug-likeness (QED) is 0.728. The van der Waals surface area contributed by atoms with Gasteiger partial charge in [0.1, 0.15) is 0 Å². The standard InChI is InChI=1S/C10H14F3N/c11-10(12,13)4-14-9-7-5-1-2-6(3-5)8(7)9/h5-9,14H,1-4H2. The molecule has 80 valence electrons. The van der Waals surface area contributed by atoms with Gasteiger partial charge in [0.2, 0.25) is 0 Å². The van der Waals surface area contributed by atoms with Crippen LogP contribution in [0.4, 0.5) is 13.2 Å². The van der Waals surface area contributed by atoms with E-state index in [-0.39, 0.29) is 6.04 Å². The summed E-state index contributed by atoms with van der Waals surface area (Å²) in [4.78, 5) is 0. The van der Waals surface area contributed by atoms with Gasteiger partial charge < -0.3 is 5.32 Å². The van der Waals surface area contributed by atoms with Crippen molar-refractivity contribution in [2.75, 3.05) is 6.54 Å². The summed E-state index contributed by atoms with van der Waals surface area (Å²) in [6, 6.07) is 0.197. The Morgan fingerprint density at radius 2 is 1.64 bits per heavy atom. The third kappa shape index (κ3) is 1.27. The molecule has 2 bridgehead atoms. The lowest BCUT2D eigenvalue weighted by atomic mass is 10.0. The molecule has 3 saturated carbocycles. The molecule has 0 heterocycles. The largest absolute Gasteiger partial charge is 0.401 e. The number of hydrogen-bond acceptors (Lipinski definition) is 1. The topological polar surface area (TPSA) is 12.0 Å². The van der Waals surface area contributed by atoms with Crippen LogP contribution in [0.3, 0.4) is 0 Å². The van der Waals surface area contributed by atoms with Gasteiger partial charge in [0.15, 0.2) is 0 Å². The highest BCUT2D eigenvalue weighted by atomic mass is 19.4. The van der Waals surface area contributed by atoms with Crippen molar-refractivity contribution in [2.45, 2.75) is 31.5 Å². The Morgan fingerprint density at radius 3 is 2.14 bits per heavy atom. The van der Waals surface area contributed by atoms with Crippen molar-refractivity contribution >= 4 is 0 Å². The second kappa shape index (κ2) is 2.65. The number of nitrogens with one attached hydrogen (secondary N) is 1. The lowest BCUT2D eigenvalue weighted by Crippen LogP contribution is -2.33. The molecular weight excluding hydrogens is 191 g/mol. The second-order valence-electron chi connectivity index (χ2n) is 5.01. The van der Waals surface area contributed by atoms with Gasteiger partial charge in [-0.15, -0.1) is 0 Å². The Morgan fingerprint density at radius 1 is 1.07 bits per heavy atom. The first kappa shape index (κ1) is 9.01. The fraction of sp³-hybridized carbons (Fsp3) is 1.00. The Labute approximate surface area is 81.1 Å². The molecule has 1 nitrogen and oxygen atoms in total. The van der Waals surface area contributed by atoms with E-state index in [9.17, 15) is 13.2 Å². The van der Waals surface area contributed by atoms with Gasteiger partial charge in [-0.05, 0) is 42.9 Å². The van der Waals surface area contributed by atoms with Crippen molar-refractivity contribution in [1.29, 1.82) is 0 Å². The summed E-state index contributed by atoms with van der Waals surface area (Å²) in [5, 5.41) is 2.67. The van der Waals surface area contributed by atoms with Crippen LogP contribution in [0.1, 0.15) is 19.3 Å². The molecular formula is C10H14F3N. The van der Waals surface area contributed by atoms with Gasteiger partial charge in [0, 0.05) is 6.04 Å². The molecule has 3 rings (SSSR count). The minimum Gasteiger partial charge on any atom is -0.305 e. The zero-order valence-corrected chi connectivity index (χ0v) is 7.85. The van der Waals surface area contributed by atoms with Crippen molar-refractivity contribution in [3.63, 3.8) is 0 Å². The van der Waals surface area contributed by atoms with Crippen LogP contribution < -0.4 is 5.32 Å². The zero-order chi connectivity index (χ0) is 9.92. The van der Waals surface area contributed by atoms with E-state index in [0.29, 0.717) is 11.8 Å². The van der Waals surface area contributed by atoms with Gasteiger partial charge in [-0.25, -0.2) is 0 Å². The number of rotatable bonds is 2. The van der Waals surface area contributed by atoms with Crippen molar-refractivity contribution in [1.82, 2.24) is 5.32 Å². The van der Waals surface area contributed by atoms with Crippen LogP contribution in [-0.2, 0) is 0 Å². The average molecular weight is 205 g/mol. The average Bonchev–Trinajstić information content (AvgIpc) is 2.50. The molecule has 1 N–H and O–H groups in total. The molecule has 0 aromatic carbocycles. The van der Waals surface area contributed by atoms with Crippen LogP contribution >= 0.6 is 0 Å². The number of halogens is 3. The number of hydrogen-bond donors (Lipinski definition) is 1. The van der Waals surface area contributed by atoms with Gasteiger partial charge in [-0.2, -0.15) is 13.2 Å². The molecule has 0 spiro atoms. The van der Waals surface area contributed by atoms with Crippen molar-refractivity contribution in [3.05, 3.63) is 0 Å². The van der Waals surface area contributed by atoms with E-state index >= 15 is 0 Å². The van der Waals surface area contributed by atoms with Crippen LogP contribution in [-0.4, -0.2) is 18.8 Å². The summed E-state index contributed by atoms with van der Waals surface area (Å²) >= 11 is 0. The molecule has 4 atom stereocenters. The summed E-state index contributed by atoms with van der Waals surface area (Å²) < 4.78 is 35.9. The van der Waals surface area contributed by atoms with E-state index in [2.05, 4.69) is 5.32 Å². The fourth-order valence-corrected chi connectivity index (χ4v) is 3.83. The lowest BCUT2D eigenvalue weighted by molar-refractivity contribution is -0.125. The van der Waals surface area contributed by atoms with Gasteiger partial charge in [0.05, 0.1) is 6.54 Å². The maximum atomic E-state index is 12.0. The molecule has 0 aliphatic heterocycles. The second-order valence-corrected chi connectivity index (χ2v) is 5.01. The fourth-order valence-electron chi connectivity index (χ4n) is 3.83. The molecule has 0 amide bonds. The normalized spacial score (nSPS) is 49.5. The van der Waals surface area contributed by atoms with Crippen LogP contribution in [0.2, 0.25) is 0 Å². The van der Waals surface area contributed by atoms with E-state index in [1.807, 2.05) is 0 Å². The van der Waals surface area contributed by atoms with Crippen molar-refractivity contribution < 1.29 is 13.2 Å². The first-order chi connectivity index (χ1) is 6.56. The molecule has 0 aromatic rings. The molecule has 3 fully saturated rings. The van der Waals surface area contributed by atoms with E-state index in [1.54, 1.807) is 0 Å². The van der Waals surface area contributed by atoms with Gasteiger partial charge in [-0.1, -0.05) is 0 Å². The highest BCUT2D eigenvalue weighted by molar-refractivity contribution is 5.16. The van der Waals surface area contributed by atoms with Crippen LogP contribution in [0.5, 0.6) is 0 Å². The first-order valence-corrected chi connectivity index (χ1v) is 5.36. The Kier molecular flexibility index (Phi) is 1.71. The summed E-state index contributed by atoms with van der Waals surface area (Å²) in [7, 11) is 0. The van der Waals surface area contributed by atoms with Crippen molar-refractivity contribution in [2.24, 2.45) is 23.7 Å². The highest BCUT2D eigenvalue weighted by Gasteiger charge is 2.64. The van der Waals surface area contributed by atoms with Crippen LogP contribution in [0, 0.1) is 23.7 Å². The van der Waals surface area contributed by atoms with Crippen molar-refractivity contribution in [3.8, 4) is 0 Å². The summed E-state index contributed by atoms with van der Waals surface area (Å²) in [5.74, 6) is 2.68. The van der Waals surface area contributed by atoms with Gasteiger partial charge in [-0.3, -0.25) is 0 Å². The predicted octanol–water partition coefficient (Wildman–Crippen LogP) is 2.18. The number of fused-ring (bicyclic) bond motifs is 5. The van der Waals surface area contributed by atoms with E-state index < -0.39 is 12.7 Å². The Hall–Kier alpha value is -0.250. The third-order valence-corrected chi connectivity index (χ3v) is 4.27. The maximum Gasteiger partial charge on any atom is 0.401 e. The molecule has 14 heavy (non-hydrogen) atoms. The van der Waals surface area contributed by atoms with E-state index in [4.69, 9.17) is 0 Å². The van der Waals surface area contributed by atoms with Crippen LogP contribution in [0.25, 0.3) is 0 Å². The molecule has 3 aliphatic carbocycles. The summed E-state index contributed by atoms with van der Waals surface area (Å²) in [6.45, 7) is -0.801. The van der Waals surface area contributed by atoms with E-state index in [0.717, 1.165) is 11.8 Å². The van der Waals surface area contributed by atoms with Crippen LogP contribution in [0.15, 0.2) is 0 Å². The Bertz CT molecular complexity index is 234. The predicted molar refractivity (Wildman–Crippen MR) is 45.7 cm³/mol. The van der Waals surface area contributed by atoms with E-state index in [1.165, 1.54) is 19.3 Å². The summed E-state index contributed by atoms with van der Waals surface area (Å²) in [6.07, 6.45) is -0.235. The molecule has 3 aliphatic rings. The Balaban J connectivity index is 1.55. The third-order valence-electron chi connectivity index (χ3n) is 4.27. The SMILES string of the molecule is FC(F)(F)CNC1C2C3CCC(C3)C12. The van der Waals surface area contributed by atoms with Gasteiger partial charge >= 0.3 is 6.18 Å². The highest BCUT2D eigenvalue weighted by Crippen LogP contribution is 2.65. The molecule has 4 heteroatoms. The molecule has 0 radical (unpaired) electrons. The summed E-state index contributed by atoms with van der Waals surface area (Å²) in [5.41, 5.74) is 0. The minimum atomic E-state index is -4.05. The number of alkyl halides is 3. The molecule has 0 saturated heterocycles. The first-order valence-electron chi connectivity index (χ1n) is 5.36. The minimum absolute atomic E-state index is 0.197. The monoisotopic (exact) mass is 205 g/mol. The zero-order valence-electron chi connectivity index (χ0n) is 7.85. The molecule has 0 aromatic heterocycles. The molecule has 4 unspecified atom stereocenters.